The molecular weight excluding hydrogens is 436 g/mol. The fourth-order valence-corrected chi connectivity index (χ4v) is 5.16. The van der Waals surface area contributed by atoms with Gasteiger partial charge in [0.15, 0.2) is 5.78 Å². The van der Waals surface area contributed by atoms with Crippen LogP contribution >= 0.6 is 0 Å². The molecule has 0 spiro atoms. The zero-order chi connectivity index (χ0) is 23.4. The average Bonchev–Trinajstić information content (AvgIpc) is 3.29. The molecule has 0 aliphatic rings. The van der Waals surface area contributed by atoms with E-state index in [1.54, 1.807) is 74.0 Å². The van der Waals surface area contributed by atoms with Crippen LogP contribution in [0.4, 0.5) is 0 Å². The summed E-state index contributed by atoms with van der Waals surface area (Å²) in [5, 5.41) is 0. The van der Waals surface area contributed by atoms with Crippen LogP contribution in [0.25, 0.3) is 5.65 Å². The maximum absolute atomic E-state index is 13.1. The maximum Gasteiger partial charge on any atom is 0.206 e. The van der Waals surface area contributed by atoms with E-state index in [-0.39, 0.29) is 15.6 Å². The third-order valence-corrected chi connectivity index (χ3v) is 7.42. The minimum Gasteiger partial charge on any atom is -0.494 e. The largest absolute Gasteiger partial charge is 0.494 e. The van der Waals surface area contributed by atoms with Gasteiger partial charge in [0.25, 0.3) is 0 Å². The van der Waals surface area contributed by atoms with Crippen molar-refractivity contribution in [2.75, 3.05) is 6.61 Å². The summed E-state index contributed by atoms with van der Waals surface area (Å²) >= 11 is 0. The summed E-state index contributed by atoms with van der Waals surface area (Å²) in [5.74, 6) is 0.698. The number of pyridine rings is 1. The van der Waals surface area contributed by atoms with Crippen molar-refractivity contribution < 1.29 is 17.9 Å². The first-order valence-corrected chi connectivity index (χ1v) is 12.4. The lowest BCUT2D eigenvalue weighted by molar-refractivity contribution is 0.0982. The van der Waals surface area contributed by atoms with E-state index in [2.05, 4.69) is 4.98 Å². The molecule has 7 heteroatoms. The highest BCUT2D eigenvalue weighted by Crippen LogP contribution is 2.27. The fourth-order valence-electron chi connectivity index (χ4n) is 3.68. The number of carbonyl (C=O) groups excluding carboxylic acids is 1. The molecule has 2 aromatic carbocycles. The molecule has 0 atom stereocenters. The Morgan fingerprint density at radius 1 is 1.06 bits per heavy atom. The van der Waals surface area contributed by atoms with Crippen molar-refractivity contribution in [1.29, 1.82) is 0 Å². The van der Waals surface area contributed by atoms with Gasteiger partial charge >= 0.3 is 0 Å². The highest BCUT2D eigenvalue weighted by atomic mass is 32.2. The maximum atomic E-state index is 13.1. The van der Waals surface area contributed by atoms with Gasteiger partial charge in [-0.1, -0.05) is 19.1 Å². The summed E-state index contributed by atoms with van der Waals surface area (Å²) in [7, 11) is -3.64. The number of benzene rings is 2. The number of carbonyl (C=O) groups is 1. The first-order valence-electron chi connectivity index (χ1n) is 10.9. The molecule has 4 aromatic rings. The molecule has 4 rings (SSSR count). The molecule has 0 saturated heterocycles. The minimum atomic E-state index is -3.64. The molecule has 0 aliphatic heterocycles. The summed E-state index contributed by atoms with van der Waals surface area (Å²) in [6.07, 6.45) is 7.03. The molecule has 0 radical (unpaired) electrons. The Morgan fingerprint density at radius 3 is 2.58 bits per heavy atom. The quantitative estimate of drug-likeness (QED) is 0.324. The highest BCUT2D eigenvalue weighted by molar-refractivity contribution is 7.91. The Balaban J connectivity index is 1.44. The van der Waals surface area contributed by atoms with E-state index in [1.807, 2.05) is 17.4 Å². The van der Waals surface area contributed by atoms with E-state index in [0.29, 0.717) is 36.3 Å². The van der Waals surface area contributed by atoms with Crippen LogP contribution < -0.4 is 4.74 Å². The van der Waals surface area contributed by atoms with Crippen molar-refractivity contribution in [3.63, 3.8) is 0 Å². The topological polar surface area (TPSA) is 77.7 Å². The van der Waals surface area contributed by atoms with Gasteiger partial charge in [0.2, 0.25) is 9.84 Å². The number of hydrogen-bond acceptors (Lipinski definition) is 5. The molecule has 6 nitrogen and oxygen atoms in total. The molecule has 170 valence electrons. The number of fused-ring (bicyclic) bond motifs is 1. The number of rotatable bonds is 9. The van der Waals surface area contributed by atoms with E-state index < -0.39 is 9.84 Å². The standard InChI is InChI=1S/C26H26N2O4S/c1-3-16-32-22-8-12-25(19(2)17-22)33(30,31)23-9-4-20(5-10-23)6-11-24(29)21-7-13-26-27-14-15-28(26)18-21/h4-5,7-10,12-15,17-18H,3,6,11,16H2,1-2H3. The van der Waals surface area contributed by atoms with E-state index in [1.165, 1.54) is 0 Å². The summed E-state index contributed by atoms with van der Waals surface area (Å²) < 4.78 is 33.7. The SMILES string of the molecule is CCCOc1ccc(S(=O)(=O)c2ccc(CCC(=O)c3ccc4nccn4c3)cc2)c(C)c1. The van der Waals surface area contributed by atoms with Crippen molar-refractivity contribution in [3.05, 3.63) is 89.9 Å². The number of Topliss-reactive ketones (excluding diaryl/α,β-unsaturated/α-hetero) is 1. The number of ether oxygens (including phenoxy) is 1. The van der Waals surface area contributed by atoms with Crippen LogP contribution in [0.5, 0.6) is 5.75 Å². The molecule has 0 N–H and O–H groups in total. The van der Waals surface area contributed by atoms with Gasteiger partial charge in [-0.2, -0.15) is 0 Å². The Hall–Kier alpha value is -3.45. The molecular formula is C26H26N2O4S. The van der Waals surface area contributed by atoms with E-state index in [4.69, 9.17) is 4.74 Å². The van der Waals surface area contributed by atoms with E-state index in [0.717, 1.165) is 17.6 Å². The zero-order valence-corrected chi connectivity index (χ0v) is 19.5. The van der Waals surface area contributed by atoms with Crippen molar-refractivity contribution in [1.82, 2.24) is 9.38 Å². The van der Waals surface area contributed by atoms with Crippen LogP contribution in [0.3, 0.4) is 0 Å². The van der Waals surface area contributed by atoms with Crippen LogP contribution in [0, 0.1) is 6.92 Å². The predicted molar refractivity (Wildman–Crippen MR) is 127 cm³/mol. The number of hydrogen-bond donors (Lipinski definition) is 0. The van der Waals surface area contributed by atoms with Gasteiger partial charge in [-0.25, -0.2) is 13.4 Å². The molecule has 2 heterocycles. The van der Waals surface area contributed by atoms with Gasteiger partial charge in [0, 0.05) is 30.6 Å². The fraction of sp³-hybridized carbons (Fsp3) is 0.231. The van der Waals surface area contributed by atoms with Crippen LogP contribution in [0.1, 0.15) is 41.3 Å². The van der Waals surface area contributed by atoms with Gasteiger partial charge in [-0.3, -0.25) is 4.79 Å². The number of sulfone groups is 1. The Labute approximate surface area is 193 Å². The van der Waals surface area contributed by atoms with Gasteiger partial charge in [0.05, 0.1) is 16.4 Å². The lowest BCUT2D eigenvalue weighted by Gasteiger charge is -2.11. The molecule has 33 heavy (non-hydrogen) atoms. The van der Waals surface area contributed by atoms with Gasteiger partial charge in [-0.15, -0.1) is 0 Å². The van der Waals surface area contributed by atoms with E-state index in [9.17, 15) is 13.2 Å². The summed E-state index contributed by atoms with van der Waals surface area (Å²) in [6.45, 7) is 4.38. The number of nitrogens with zero attached hydrogens (tertiary/aromatic N) is 2. The van der Waals surface area contributed by atoms with E-state index >= 15 is 0 Å². The third-order valence-electron chi connectivity index (χ3n) is 5.49. The number of imidazole rings is 1. The van der Waals surface area contributed by atoms with Gasteiger partial charge in [-0.05, 0) is 73.4 Å². The molecule has 0 amide bonds. The third kappa shape index (κ3) is 4.98. The molecule has 0 saturated carbocycles. The van der Waals surface area contributed by atoms with Crippen LogP contribution in [0.2, 0.25) is 0 Å². The summed E-state index contributed by atoms with van der Waals surface area (Å²) in [4.78, 5) is 17.3. The smallest absolute Gasteiger partial charge is 0.206 e. The number of aryl methyl sites for hydroxylation is 2. The second-order valence-electron chi connectivity index (χ2n) is 7.96. The molecule has 0 aliphatic carbocycles. The second kappa shape index (κ2) is 9.58. The first kappa shape index (κ1) is 22.7. The Bertz CT molecular complexity index is 1390. The summed E-state index contributed by atoms with van der Waals surface area (Å²) in [6, 6.07) is 15.4. The monoisotopic (exact) mass is 462 g/mol. The van der Waals surface area contributed by atoms with Crippen molar-refractivity contribution in [2.24, 2.45) is 0 Å². The normalized spacial score (nSPS) is 11.6. The average molecular weight is 463 g/mol. The lowest BCUT2D eigenvalue weighted by atomic mass is 10.0. The molecule has 2 aromatic heterocycles. The number of aromatic nitrogens is 2. The molecule has 0 unspecified atom stereocenters. The minimum absolute atomic E-state index is 0.0308. The van der Waals surface area contributed by atoms with Crippen molar-refractivity contribution >= 4 is 21.3 Å². The number of ketones is 1. The molecule has 0 fully saturated rings. The van der Waals surface area contributed by atoms with Crippen LogP contribution in [-0.4, -0.2) is 30.2 Å². The van der Waals surface area contributed by atoms with Gasteiger partial charge < -0.3 is 9.14 Å². The lowest BCUT2D eigenvalue weighted by Crippen LogP contribution is -2.06. The van der Waals surface area contributed by atoms with Crippen LogP contribution in [0.15, 0.2) is 83.0 Å². The summed E-state index contributed by atoms with van der Waals surface area (Å²) in [5.41, 5.74) is 2.97. The molecule has 0 bridgehead atoms. The Kier molecular flexibility index (Phi) is 6.60. The Morgan fingerprint density at radius 2 is 1.85 bits per heavy atom. The zero-order valence-electron chi connectivity index (χ0n) is 18.7. The predicted octanol–water partition coefficient (Wildman–Crippen LogP) is 5.08. The first-order chi connectivity index (χ1) is 15.9. The highest BCUT2D eigenvalue weighted by Gasteiger charge is 2.20. The van der Waals surface area contributed by atoms with Crippen molar-refractivity contribution in [3.8, 4) is 5.75 Å². The second-order valence-corrected chi connectivity index (χ2v) is 9.87. The van der Waals surface area contributed by atoms with Crippen molar-refractivity contribution in [2.45, 2.75) is 42.9 Å². The van der Waals surface area contributed by atoms with Gasteiger partial charge in [0.1, 0.15) is 11.4 Å². The van der Waals surface area contributed by atoms with Crippen LogP contribution in [-0.2, 0) is 16.3 Å².